The number of ether oxygens (including phenoxy) is 1. The summed E-state index contributed by atoms with van der Waals surface area (Å²) in [5.74, 6) is -0.885. The summed E-state index contributed by atoms with van der Waals surface area (Å²) in [5, 5.41) is 18.2. The number of rotatable bonds is 6. The Balaban J connectivity index is 1.73. The first-order valence-electron chi connectivity index (χ1n) is 6.62. The van der Waals surface area contributed by atoms with E-state index in [-0.39, 0.29) is 30.5 Å². The normalized spacial score (nSPS) is 38.6. The summed E-state index contributed by atoms with van der Waals surface area (Å²) in [6.45, 7) is 0. The Morgan fingerprint density at radius 3 is 2.78 bits per heavy atom. The van der Waals surface area contributed by atoms with Gasteiger partial charge in [0.2, 0.25) is 0 Å². The number of unbranched alkanes of at least 4 members (excludes halogenated alkanes) is 1. The molecule has 102 valence electrons. The van der Waals surface area contributed by atoms with Crippen LogP contribution >= 0.6 is 0 Å². The van der Waals surface area contributed by atoms with Crippen molar-refractivity contribution < 1.29 is 24.5 Å². The van der Waals surface area contributed by atoms with Crippen LogP contribution in [0.4, 0.5) is 0 Å². The van der Waals surface area contributed by atoms with Gasteiger partial charge in [-0.25, -0.2) is 0 Å². The minimum atomic E-state index is -0.761. The second-order valence-electron chi connectivity index (χ2n) is 5.35. The van der Waals surface area contributed by atoms with Gasteiger partial charge in [-0.3, -0.25) is 4.79 Å². The van der Waals surface area contributed by atoms with Crippen molar-refractivity contribution in [3.05, 3.63) is 0 Å². The monoisotopic (exact) mass is 256 g/mol. The van der Waals surface area contributed by atoms with Crippen LogP contribution in [0.2, 0.25) is 0 Å². The zero-order valence-electron chi connectivity index (χ0n) is 10.3. The highest BCUT2D eigenvalue weighted by molar-refractivity contribution is 5.66. The second kappa shape index (κ2) is 5.80. The number of hydrogen-bond acceptors (Lipinski definition) is 4. The molecule has 5 heteroatoms. The van der Waals surface area contributed by atoms with Gasteiger partial charge in [-0.05, 0) is 25.2 Å². The molecular weight excluding hydrogens is 236 g/mol. The van der Waals surface area contributed by atoms with Crippen LogP contribution in [0.3, 0.4) is 0 Å². The molecule has 1 saturated heterocycles. The average Bonchev–Trinajstić information content (AvgIpc) is 2.80. The number of aliphatic carboxylic acids is 1. The summed E-state index contributed by atoms with van der Waals surface area (Å²) in [4.78, 5) is 21.3. The first kappa shape index (κ1) is 13.5. The Hall–Kier alpha value is -0.940. The molecule has 2 aliphatic rings. The van der Waals surface area contributed by atoms with Crippen LogP contribution in [0.1, 0.15) is 38.5 Å². The van der Waals surface area contributed by atoms with Gasteiger partial charge >= 0.3 is 5.97 Å². The van der Waals surface area contributed by atoms with Crippen LogP contribution in [0, 0.1) is 11.8 Å². The Kier molecular flexibility index (Phi) is 4.35. The number of carboxylic acid groups (broad SMARTS) is 1. The molecule has 5 atom stereocenters. The largest absolute Gasteiger partial charge is 0.481 e. The van der Waals surface area contributed by atoms with Crippen LogP contribution in [0.15, 0.2) is 0 Å². The lowest BCUT2D eigenvalue weighted by Gasteiger charge is -2.15. The van der Waals surface area contributed by atoms with Crippen molar-refractivity contribution in [3.63, 3.8) is 0 Å². The number of carbonyl (C=O) groups excluding carboxylic acids is 1. The third-order valence-corrected chi connectivity index (χ3v) is 4.12. The molecule has 0 aromatic heterocycles. The van der Waals surface area contributed by atoms with Gasteiger partial charge in [0.25, 0.3) is 0 Å². The molecule has 0 aromatic carbocycles. The number of hydrogen-bond donors (Lipinski definition) is 2. The summed E-state index contributed by atoms with van der Waals surface area (Å²) < 4.78 is 5.83. The van der Waals surface area contributed by atoms with Gasteiger partial charge in [0.1, 0.15) is 6.29 Å². The van der Waals surface area contributed by atoms with E-state index in [1.54, 1.807) is 0 Å². The van der Waals surface area contributed by atoms with Crippen molar-refractivity contribution in [1.82, 2.24) is 0 Å². The van der Waals surface area contributed by atoms with Crippen molar-refractivity contribution in [2.45, 2.75) is 56.8 Å². The number of aliphatic hydroxyl groups is 1. The number of carboxylic acids is 1. The van der Waals surface area contributed by atoms with Crippen molar-refractivity contribution >= 4 is 12.3 Å². The molecule has 2 N–H and O–H groups in total. The zero-order valence-corrected chi connectivity index (χ0v) is 10.3. The molecule has 0 bridgehead atoms. The van der Waals surface area contributed by atoms with Gasteiger partial charge in [-0.15, -0.1) is 0 Å². The lowest BCUT2D eigenvalue weighted by molar-refractivity contribution is -0.137. The summed E-state index contributed by atoms with van der Waals surface area (Å²) in [7, 11) is 0. The van der Waals surface area contributed by atoms with E-state index in [9.17, 15) is 14.7 Å². The lowest BCUT2D eigenvalue weighted by atomic mass is 9.91. The highest BCUT2D eigenvalue weighted by atomic mass is 16.5. The van der Waals surface area contributed by atoms with Crippen molar-refractivity contribution in [1.29, 1.82) is 0 Å². The van der Waals surface area contributed by atoms with E-state index < -0.39 is 12.1 Å². The van der Waals surface area contributed by atoms with Crippen LogP contribution in [-0.2, 0) is 14.3 Å². The summed E-state index contributed by atoms with van der Waals surface area (Å²) >= 11 is 0. The Bertz CT molecular complexity index is 317. The van der Waals surface area contributed by atoms with Gasteiger partial charge in [-0.2, -0.15) is 0 Å². The van der Waals surface area contributed by atoms with E-state index in [2.05, 4.69) is 0 Å². The number of carbonyl (C=O) groups is 2. The fourth-order valence-electron chi connectivity index (χ4n) is 3.20. The molecule has 0 spiro atoms. The second-order valence-corrected chi connectivity index (χ2v) is 5.35. The summed E-state index contributed by atoms with van der Waals surface area (Å²) in [5.41, 5.74) is 0. The van der Waals surface area contributed by atoms with Gasteiger partial charge in [0.15, 0.2) is 0 Å². The molecule has 0 amide bonds. The van der Waals surface area contributed by atoms with E-state index in [1.165, 1.54) is 0 Å². The van der Waals surface area contributed by atoms with E-state index >= 15 is 0 Å². The Labute approximate surface area is 106 Å². The molecule has 2 fully saturated rings. The molecular formula is C13H20O5. The van der Waals surface area contributed by atoms with Crippen LogP contribution in [0.25, 0.3) is 0 Å². The molecule has 5 unspecified atom stereocenters. The van der Waals surface area contributed by atoms with Crippen molar-refractivity contribution in [2.24, 2.45) is 11.8 Å². The molecule has 1 aliphatic carbocycles. The standard InChI is InChI=1S/C13H20O5/c14-7-10-9-5-8(3-1-2-4-13(16)17)18-12(9)6-11(10)15/h7-12,15H,1-6H2,(H,16,17). The van der Waals surface area contributed by atoms with E-state index in [0.717, 1.165) is 25.5 Å². The highest BCUT2D eigenvalue weighted by Gasteiger charge is 2.48. The van der Waals surface area contributed by atoms with Gasteiger partial charge in [0, 0.05) is 18.8 Å². The third-order valence-electron chi connectivity index (χ3n) is 4.12. The van der Waals surface area contributed by atoms with Crippen molar-refractivity contribution in [3.8, 4) is 0 Å². The fraction of sp³-hybridized carbons (Fsp3) is 0.846. The van der Waals surface area contributed by atoms with Gasteiger partial charge < -0.3 is 19.7 Å². The third kappa shape index (κ3) is 2.90. The molecule has 5 nitrogen and oxygen atoms in total. The zero-order chi connectivity index (χ0) is 13.1. The quantitative estimate of drug-likeness (QED) is 0.547. The predicted octanol–water partition coefficient (Wildman–Crippen LogP) is 0.985. The van der Waals surface area contributed by atoms with Crippen LogP contribution in [0.5, 0.6) is 0 Å². The van der Waals surface area contributed by atoms with Crippen LogP contribution in [-0.4, -0.2) is 40.8 Å². The molecule has 1 heterocycles. The lowest BCUT2D eigenvalue weighted by Crippen LogP contribution is -2.21. The van der Waals surface area contributed by atoms with Crippen molar-refractivity contribution in [2.75, 3.05) is 0 Å². The molecule has 1 saturated carbocycles. The maximum atomic E-state index is 10.9. The molecule has 0 aromatic rings. The minimum absolute atomic E-state index is 0.0136. The smallest absolute Gasteiger partial charge is 0.303 e. The highest BCUT2D eigenvalue weighted by Crippen LogP contribution is 2.43. The maximum absolute atomic E-state index is 10.9. The SMILES string of the molecule is O=CC1C(O)CC2OC(CCCCC(=O)O)CC21. The van der Waals surface area contributed by atoms with Crippen LogP contribution < -0.4 is 0 Å². The number of fused-ring (bicyclic) bond motifs is 1. The Morgan fingerprint density at radius 2 is 2.11 bits per heavy atom. The minimum Gasteiger partial charge on any atom is -0.481 e. The Morgan fingerprint density at radius 1 is 1.33 bits per heavy atom. The molecule has 2 rings (SSSR count). The first-order chi connectivity index (χ1) is 8.61. The predicted molar refractivity (Wildman–Crippen MR) is 63.0 cm³/mol. The number of aldehydes is 1. The summed E-state index contributed by atoms with van der Waals surface area (Å²) in [6.07, 6.45) is 4.38. The molecule has 0 radical (unpaired) electrons. The molecule has 1 aliphatic heterocycles. The van der Waals surface area contributed by atoms with E-state index in [1.807, 2.05) is 0 Å². The van der Waals surface area contributed by atoms with Gasteiger partial charge in [-0.1, -0.05) is 6.42 Å². The number of aliphatic hydroxyl groups excluding tert-OH is 1. The topological polar surface area (TPSA) is 83.8 Å². The van der Waals surface area contributed by atoms with Gasteiger partial charge in [0.05, 0.1) is 18.3 Å². The first-order valence-corrected chi connectivity index (χ1v) is 6.62. The van der Waals surface area contributed by atoms with E-state index in [4.69, 9.17) is 9.84 Å². The average molecular weight is 256 g/mol. The van der Waals surface area contributed by atoms with E-state index in [0.29, 0.717) is 12.8 Å². The fourth-order valence-corrected chi connectivity index (χ4v) is 3.20. The maximum Gasteiger partial charge on any atom is 0.303 e. The summed E-state index contributed by atoms with van der Waals surface area (Å²) in [6, 6.07) is 0. The molecule has 18 heavy (non-hydrogen) atoms.